The van der Waals surface area contributed by atoms with Crippen molar-refractivity contribution >= 4 is 34.9 Å². The number of hydrogen-bond donors (Lipinski definition) is 0. The first-order chi connectivity index (χ1) is 9.24. The number of methoxy groups -OCH3 is 4. The Morgan fingerprint density at radius 1 is 0.947 bits per heavy atom. The van der Waals surface area contributed by atoms with Crippen molar-refractivity contribution in [2.45, 2.75) is 21.7 Å². The van der Waals surface area contributed by atoms with Crippen LogP contribution in [-0.2, 0) is 18.9 Å². The summed E-state index contributed by atoms with van der Waals surface area (Å²) >= 11 is 5.21. The molecular weight excluding hydrogens is 304 g/mol. The maximum atomic E-state index is 5.19. The van der Waals surface area contributed by atoms with Crippen LogP contribution in [-0.4, -0.2) is 52.5 Å². The molecule has 0 aliphatic carbocycles. The molecule has 1 rings (SSSR count). The van der Waals surface area contributed by atoms with Crippen molar-refractivity contribution in [3.63, 3.8) is 0 Å². The Bertz CT molecular complexity index is 307. The van der Waals surface area contributed by atoms with Gasteiger partial charge in [0.15, 0.2) is 12.6 Å². The second kappa shape index (κ2) is 10.0. The topological polar surface area (TPSA) is 36.9 Å². The molecule has 0 radical (unpaired) electrons. The first-order valence-corrected chi connectivity index (χ1v) is 8.54. The summed E-state index contributed by atoms with van der Waals surface area (Å²) in [5, 5.41) is 2.09. The molecule has 0 fully saturated rings. The zero-order chi connectivity index (χ0) is 14.1. The van der Waals surface area contributed by atoms with E-state index in [1.807, 2.05) is 0 Å². The molecule has 1 aromatic rings. The van der Waals surface area contributed by atoms with Crippen LogP contribution in [0.5, 0.6) is 0 Å². The number of thioether (sulfide) groups is 2. The van der Waals surface area contributed by atoms with Gasteiger partial charge in [0, 0.05) is 39.1 Å². The van der Waals surface area contributed by atoms with Gasteiger partial charge in [0.05, 0.1) is 9.96 Å². The van der Waals surface area contributed by atoms with Gasteiger partial charge in [0.1, 0.15) is 0 Å². The molecule has 0 amide bonds. The molecule has 0 saturated carbocycles. The number of ether oxygens (including phenoxy) is 4. The van der Waals surface area contributed by atoms with Crippen molar-refractivity contribution < 1.29 is 18.9 Å². The van der Waals surface area contributed by atoms with Gasteiger partial charge in [-0.2, -0.15) is 0 Å². The Morgan fingerprint density at radius 2 is 1.47 bits per heavy atom. The number of rotatable bonds is 10. The molecule has 19 heavy (non-hydrogen) atoms. The number of thiophene rings is 1. The van der Waals surface area contributed by atoms with Gasteiger partial charge < -0.3 is 18.9 Å². The molecular formula is C12H20O4S3. The van der Waals surface area contributed by atoms with Crippen molar-refractivity contribution in [3.05, 3.63) is 11.4 Å². The van der Waals surface area contributed by atoms with E-state index in [0.29, 0.717) is 0 Å². The Balaban J connectivity index is 2.45. The molecule has 0 saturated heterocycles. The Kier molecular flexibility index (Phi) is 9.14. The van der Waals surface area contributed by atoms with Crippen LogP contribution in [0.2, 0.25) is 0 Å². The average Bonchev–Trinajstić information content (AvgIpc) is 2.89. The molecule has 1 aromatic heterocycles. The van der Waals surface area contributed by atoms with Gasteiger partial charge >= 0.3 is 0 Å². The quantitative estimate of drug-likeness (QED) is 0.486. The fraction of sp³-hybridized carbons (Fsp3) is 0.667. The largest absolute Gasteiger partial charge is 0.355 e. The molecule has 0 atom stereocenters. The highest BCUT2D eigenvalue weighted by Crippen LogP contribution is 2.36. The molecule has 4 nitrogen and oxygen atoms in total. The van der Waals surface area contributed by atoms with Gasteiger partial charge in [-0.25, -0.2) is 0 Å². The molecule has 0 bridgehead atoms. The monoisotopic (exact) mass is 324 g/mol. The molecule has 0 aliphatic rings. The highest BCUT2D eigenvalue weighted by molar-refractivity contribution is 8.03. The molecule has 7 heteroatoms. The van der Waals surface area contributed by atoms with Crippen LogP contribution in [0.4, 0.5) is 0 Å². The van der Waals surface area contributed by atoms with E-state index in [4.69, 9.17) is 18.9 Å². The maximum Gasteiger partial charge on any atom is 0.166 e. The zero-order valence-electron chi connectivity index (χ0n) is 11.6. The Hall–Kier alpha value is 0.240. The lowest BCUT2D eigenvalue weighted by molar-refractivity contribution is -0.0844. The van der Waals surface area contributed by atoms with E-state index in [1.165, 1.54) is 9.10 Å². The van der Waals surface area contributed by atoms with E-state index in [1.54, 1.807) is 63.3 Å². The van der Waals surface area contributed by atoms with Gasteiger partial charge in [-0.05, 0) is 11.4 Å². The van der Waals surface area contributed by atoms with E-state index in [-0.39, 0.29) is 12.6 Å². The van der Waals surface area contributed by atoms with E-state index in [9.17, 15) is 0 Å². The van der Waals surface area contributed by atoms with E-state index < -0.39 is 0 Å². The van der Waals surface area contributed by atoms with Crippen LogP contribution >= 0.6 is 34.9 Å². The molecule has 0 aromatic carbocycles. The van der Waals surface area contributed by atoms with Gasteiger partial charge in [0.2, 0.25) is 0 Å². The fourth-order valence-corrected chi connectivity index (χ4v) is 4.82. The molecule has 0 N–H and O–H groups in total. The minimum atomic E-state index is -0.173. The van der Waals surface area contributed by atoms with Gasteiger partial charge in [-0.1, -0.05) is 0 Å². The van der Waals surface area contributed by atoms with Crippen LogP contribution in [0.3, 0.4) is 0 Å². The van der Waals surface area contributed by atoms with Crippen LogP contribution in [0.1, 0.15) is 0 Å². The molecule has 0 unspecified atom stereocenters. The predicted molar refractivity (Wildman–Crippen MR) is 81.4 cm³/mol. The second-order valence-electron chi connectivity index (χ2n) is 3.50. The summed E-state index contributed by atoms with van der Waals surface area (Å²) in [7, 11) is 6.61. The van der Waals surface area contributed by atoms with Crippen molar-refractivity contribution in [2.75, 3.05) is 39.9 Å². The molecule has 0 aliphatic heterocycles. The summed E-state index contributed by atoms with van der Waals surface area (Å²) in [5.41, 5.74) is 0. The lowest BCUT2D eigenvalue weighted by Crippen LogP contribution is -2.16. The summed E-state index contributed by atoms with van der Waals surface area (Å²) in [6.45, 7) is 0. The second-order valence-corrected chi connectivity index (χ2v) is 6.76. The van der Waals surface area contributed by atoms with Crippen molar-refractivity contribution in [2.24, 2.45) is 0 Å². The lowest BCUT2D eigenvalue weighted by Gasteiger charge is -2.14. The van der Waals surface area contributed by atoms with Crippen LogP contribution in [0.15, 0.2) is 20.6 Å². The van der Waals surface area contributed by atoms with Gasteiger partial charge in [-0.3, -0.25) is 0 Å². The van der Waals surface area contributed by atoms with Crippen LogP contribution < -0.4 is 0 Å². The third kappa shape index (κ3) is 6.03. The van der Waals surface area contributed by atoms with E-state index in [0.717, 1.165) is 11.5 Å². The molecule has 0 spiro atoms. The van der Waals surface area contributed by atoms with Crippen molar-refractivity contribution in [1.82, 2.24) is 0 Å². The summed E-state index contributed by atoms with van der Waals surface area (Å²) in [4.78, 5) is 1.25. The first kappa shape index (κ1) is 17.3. The van der Waals surface area contributed by atoms with Gasteiger partial charge in [-0.15, -0.1) is 34.9 Å². The van der Waals surface area contributed by atoms with Crippen molar-refractivity contribution in [3.8, 4) is 0 Å². The maximum absolute atomic E-state index is 5.19. The summed E-state index contributed by atoms with van der Waals surface area (Å²) in [6.07, 6.45) is -0.343. The smallest absolute Gasteiger partial charge is 0.166 e. The normalized spacial score (nSPS) is 11.7. The third-order valence-electron chi connectivity index (χ3n) is 2.37. The zero-order valence-corrected chi connectivity index (χ0v) is 14.0. The molecule has 1 heterocycles. The Labute approximate surface area is 127 Å². The van der Waals surface area contributed by atoms with Gasteiger partial charge in [0.25, 0.3) is 0 Å². The standard InChI is InChI=1S/C12H20O4S3/c1-13-10(14-2)7-18-9-5-6-17-12(9)19-8-11(15-3)16-4/h5-6,10-11H,7-8H2,1-4H3. The molecule has 110 valence electrons. The average molecular weight is 324 g/mol. The first-order valence-electron chi connectivity index (χ1n) is 5.69. The van der Waals surface area contributed by atoms with E-state index in [2.05, 4.69) is 11.4 Å². The summed E-state index contributed by atoms with van der Waals surface area (Å²) in [6, 6.07) is 2.12. The van der Waals surface area contributed by atoms with Crippen LogP contribution in [0, 0.1) is 0 Å². The summed E-state index contributed by atoms with van der Waals surface area (Å²) < 4.78 is 22.0. The minimum Gasteiger partial charge on any atom is -0.355 e. The predicted octanol–water partition coefficient (Wildman–Crippen LogP) is 3.17. The van der Waals surface area contributed by atoms with Crippen LogP contribution in [0.25, 0.3) is 0 Å². The third-order valence-corrected chi connectivity index (χ3v) is 5.99. The Morgan fingerprint density at radius 3 is 2.00 bits per heavy atom. The van der Waals surface area contributed by atoms with E-state index >= 15 is 0 Å². The number of hydrogen-bond acceptors (Lipinski definition) is 7. The SMILES string of the molecule is COC(CSc1ccsc1SCC(OC)OC)OC. The summed E-state index contributed by atoms with van der Waals surface area (Å²) in [5.74, 6) is 1.55. The van der Waals surface area contributed by atoms with Crippen molar-refractivity contribution in [1.29, 1.82) is 0 Å². The fourth-order valence-electron chi connectivity index (χ4n) is 1.26. The highest BCUT2D eigenvalue weighted by Gasteiger charge is 2.12. The minimum absolute atomic E-state index is 0.171. The lowest BCUT2D eigenvalue weighted by atomic mass is 10.7. The highest BCUT2D eigenvalue weighted by atomic mass is 32.2.